The predicted molar refractivity (Wildman–Crippen MR) is 135 cm³/mol. The monoisotopic (exact) mass is 455 g/mol. The van der Waals surface area contributed by atoms with E-state index in [0.29, 0.717) is 26.2 Å². The zero-order valence-corrected chi connectivity index (χ0v) is 20.1. The van der Waals surface area contributed by atoms with Gasteiger partial charge in [-0.3, -0.25) is 4.98 Å². The van der Waals surface area contributed by atoms with Gasteiger partial charge in [-0.25, -0.2) is 14.8 Å². The van der Waals surface area contributed by atoms with Crippen molar-refractivity contribution < 1.29 is 9.53 Å². The van der Waals surface area contributed by atoms with Crippen LogP contribution in [0.4, 0.5) is 10.6 Å². The fourth-order valence-electron chi connectivity index (χ4n) is 4.51. The summed E-state index contributed by atoms with van der Waals surface area (Å²) in [5, 5.41) is 3.32. The van der Waals surface area contributed by atoms with Gasteiger partial charge in [0.1, 0.15) is 17.7 Å². The molecule has 1 aliphatic rings. The molecule has 7 nitrogen and oxygen atoms in total. The third kappa shape index (κ3) is 4.25. The van der Waals surface area contributed by atoms with Gasteiger partial charge in [0.2, 0.25) is 0 Å². The molecule has 0 N–H and O–H groups in total. The lowest BCUT2D eigenvalue weighted by atomic mass is 9.97. The maximum Gasteiger partial charge on any atom is 0.410 e. The van der Waals surface area contributed by atoms with Crippen LogP contribution < -0.4 is 4.90 Å². The highest BCUT2D eigenvalue weighted by Crippen LogP contribution is 2.32. The Morgan fingerprint density at radius 3 is 2.44 bits per heavy atom. The Bertz CT molecular complexity index is 1370. The summed E-state index contributed by atoms with van der Waals surface area (Å²) in [6, 6.07) is 14.7. The summed E-state index contributed by atoms with van der Waals surface area (Å²) >= 11 is 0. The first-order valence-corrected chi connectivity index (χ1v) is 11.6. The SMILES string of the molecule is Cc1cccc2cccc(-c3cc4ncnc(N5CCN(C(=O)OC(C)(C)C)CC5)c4cn3)c12. The van der Waals surface area contributed by atoms with E-state index >= 15 is 0 Å². The molecule has 0 bridgehead atoms. The van der Waals surface area contributed by atoms with Gasteiger partial charge < -0.3 is 14.5 Å². The van der Waals surface area contributed by atoms with Gasteiger partial charge in [-0.15, -0.1) is 0 Å². The largest absolute Gasteiger partial charge is 0.444 e. The van der Waals surface area contributed by atoms with Crippen molar-refractivity contribution in [3.05, 3.63) is 60.6 Å². The highest BCUT2D eigenvalue weighted by atomic mass is 16.6. The second-order valence-electron chi connectivity index (χ2n) is 9.72. The number of fused-ring (bicyclic) bond motifs is 2. The molecule has 0 saturated carbocycles. The smallest absolute Gasteiger partial charge is 0.410 e. The average Bonchev–Trinajstić information content (AvgIpc) is 2.82. The Labute approximate surface area is 199 Å². The number of aryl methyl sites for hydroxylation is 1. The van der Waals surface area contributed by atoms with E-state index in [2.05, 4.69) is 58.2 Å². The molecule has 1 fully saturated rings. The third-order valence-electron chi connectivity index (χ3n) is 6.12. The number of benzene rings is 2. The van der Waals surface area contributed by atoms with Gasteiger partial charge in [-0.1, -0.05) is 36.4 Å². The second-order valence-corrected chi connectivity index (χ2v) is 9.72. The van der Waals surface area contributed by atoms with Crippen molar-refractivity contribution in [3.8, 4) is 11.3 Å². The quantitative estimate of drug-likeness (QED) is 0.413. The van der Waals surface area contributed by atoms with Crippen LogP contribution in [0.3, 0.4) is 0 Å². The number of ether oxygens (including phenoxy) is 1. The van der Waals surface area contributed by atoms with Crippen LogP contribution >= 0.6 is 0 Å². The average molecular weight is 456 g/mol. The van der Waals surface area contributed by atoms with Crippen molar-refractivity contribution in [2.24, 2.45) is 0 Å². The Balaban J connectivity index is 1.43. The Morgan fingerprint density at radius 2 is 1.71 bits per heavy atom. The minimum absolute atomic E-state index is 0.267. The van der Waals surface area contributed by atoms with E-state index in [1.165, 1.54) is 16.3 Å². The van der Waals surface area contributed by atoms with E-state index < -0.39 is 5.60 Å². The molecule has 5 rings (SSSR count). The molecule has 0 spiro atoms. The predicted octanol–water partition coefficient (Wildman–Crippen LogP) is 5.21. The molecule has 2 aromatic carbocycles. The van der Waals surface area contributed by atoms with Gasteiger partial charge >= 0.3 is 6.09 Å². The number of nitrogens with zero attached hydrogens (tertiary/aromatic N) is 5. The number of pyridine rings is 1. The number of carbonyl (C=O) groups is 1. The standard InChI is InChI=1S/C27H29N5O2/c1-18-7-5-8-19-9-6-10-20(24(18)19)22-15-23-21(16-28-22)25(30-17-29-23)31-11-13-32(14-12-31)26(33)34-27(2,3)4/h5-10,15-17H,11-14H2,1-4H3. The molecule has 4 aromatic rings. The molecular weight excluding hydrogens is 426 g/mol. The first-order valence-electron chi connectivity index (χ1n) is 11.6. The molecule has 0 unspecified atom stereocenters. The highest BCUT2D eigenvalue weighted by Gasteiger charge is 2.27. The minimum Gasteiger partial charge on any atom is -0.444 e. The lowest BCUT2D eigenvalue weighted by Crippen LogP contribution is -2.50. The van der Waals surface area contributed by atoms with Crippen molar-refractivity contribution in [1.82, 2.24) is 19.9 Å². The number of anilines is 1. The Kier molecular flexibility index (Phi) is 5.55. The fourth-order valence-corrected chi connectivity index (χ4v) is 4.51. The van der Waals surface area contributed by atoms with E-state index in [0.717, 1.165) is 28.0 Å². The normalized spacial score (nSPS) is 14.6. The van der Waals surface area contributed by atoms with Crippen LogP contribution in [0.25, 0.3) is 32.9 Å². The van der Waals surface area contributed by atoms with Crippen LogP contribution in [0, 0.1) is 6.92 Å². The van der Waals surface area contributed by atoms with Crippen LogP contribution in [0.2, 0.25) is 0 Å². The summed E-state index contributed by atoms with van der Waals surface area (Å²) < 4.78 is 5.52. The zero-order valence-electron chi connectivity index (χ0n) is 20.1. The zero-order chi connectivity index (χ0) is 23.9. The molecule has 1 aliphatic heterocycles. The van der Waals surface area contributed by atoms with Crippen LogP contribution in [-0.4, -0.2) is 57.7 Å². The molecule has 2 aromatic heterocycles. The number of rotatable bonds is 2. The van der Waals surface area contributed by atoms with Crippen LogP contribution in [0.1, 0.15) is 26.3 Å². The van der Waals surface area contributed by atoms with Crippen LogP contribution in [-0.2, 0) is 4.74 Å². The number of piperazine rings is 1. The van der Waals surface area contributed by atoms with Crippen LogP contribution in [0.5, 0.6) is 0 Å². The van der Waals surface area contributed by atoms with Gasteiger partial charge in [0.15, 0.2) is 0 Å². The van der Waals surface area contributed by atoms with E-state index in [4.69, 9.17) is 9.72 Å². The molecule has 1 saturated heterocycles. The number of carbonyl (C=O) groups excluding carboxylic acids is 1. The van der Waals surface area contributed by atoms with Gasteiger partial charge in [-0.05, 0) is 50.1 Å². The van der Waals surface area contributed by atoms with Gasteiger partial charge in [0.25, 0.3) is 0 Å². The number of aromatic nitrogens is 3. The van der Waals surface area contributed by atoms with Crippen LogP contribution in [0.15, 0.2) is 55.0 Å². The number of hydrogen-bond donors (Lipinski definition) is 0. The van der Waals surface area contributed by atoms with E-state index in [-0.39, 0.29) is 6.09 Å². The van der Waals surface area contributed by atoms with Gasteiger partial charge in [0.05, 0.1) is 16.6 Å². The third-order valence-corrected chi connectivity index (χ3v) is 6.12. The molecule has 0 aliphatic carbocycles. The molecule has 0 radical (unpaired) electrons. The number of hydrogen-bond acceptors (Lipinski definition) is 6. The van der Waals surface area contributed by atoms with Crippen molar-refractivity contribution in [2.45, 2.75) is 33.3 Å². The van der Waals surface area contributed by atoms with Crippen molar-refractivity contribution in [3.63, 3.8) is 0 Å². The Hall–Kier alpha value is -3.74. The molecule has 34 heavy (non-hydrogen) atoms. The maximum atomic E-state index is 12.4. The highest BCUT2D eigenvalue weighted by molar-refractivity contribution is 6.00. The first-order chi connectivity index (χ1) is 16.3. The summed E-state index contributed by atoms with van der Waals surface area (Å²) in [5.74, 6) is 0.849. The molecule has 0 atom stereocenters. The summed E-state index contributed by atoms with van der Waals surface area (Å²) in [6.07, 6.45) is 3.21. The summed E-state index contributed by atoms with van der Waals surface area (Å²) in [7, 11) is 0. The number of amides is 1. The second kappa shape index (κ2) is 8.56. The molecular formula is C27H29N5O2. The molecule has 1 amide bonds. The Morgan fingerprint density at radius 1 is 0.971 bits per heavy atom. The molecule has 7 heteroatoms. The van der Waals surface area contributed by atoms with E-state index in [1.54, 1.807) is 11.2 Å². The van der Waals surface area contributed by atoms with Gasteiger partial charge in [0, 0.05) is 37.9 Å². The van der Waals surface area contributed by atoms with Crippen molar-refractivity contribution in [2.75, 3.05) is 31.1 Å². The van der Waals surface area contributed by atoms with E-state index in [1.807, 2.05) is 33.0 Å². The first kappa shape index (κ1) is 22.1. The van der Waals surface area contributed by atoms with Gasteiger partial charge in [-0.2, -0.15) is 0 Å². The van der Waals surface area contributed by atoms with E-state index in [9.17, 15) is 4.79 Å². The lowest BCUT2D eigenvalue weighted by Gasteiger charge is -2.36. The molecule has 3 heterocycles. The molecule has 174 valence electrons. The topological polar surface area (TPSA) is 71.5 Å². The summed E-state index contributed by atoms with van der Waals surface area (Å²) in [5.41, 5.74) is 3.58. The van der Waals surface area contributed by atoms with Crippen molar-refractivity contribution >= 4 is 33.6 Å². The maximum absolute atomic E-state index is 12.4. The van der Waals surface area contributed by atoms with Crippen molar-refractivity contribution in [1.29, 1.82) is 0 Å². The lowest BCUT2D eigenvalue weighted by molar-refractivity contribution is 0.0240. The summed E-state index contributed by atoms with van der Waals surface area (Å²) in [6.45, 7) is 10.3. The fraction of sp³-hybridized carbons (Fsp3) is 0.333. The summed E-state index contributed by atoms with van der Waals surface area (Å²) in [4.78, 5) is 30.3. The minimum atomic E-state index is -0.497.